The van der Waals surface area contributed by atoms with E-state index in [-0.39, 0.29) is 29.6 Å². The van der Waals surface area contributed by atoms with Gasteiger partial charge in [0, 0.05) is 24.8 Å². The summed E-state index contributed by atoms with van der Waals surface area (Å²) in [4.78, 5) is 16.4. The lowest BCUT2D eigenvalue weighted by molar-refractivity contribution is -0.128. The number of carbonyl (C=O) groups excluding carboxylic acids is 1. The number of carbonyl (C=O) groups is 1. The van der Waals surface area contributed by atoms with Crippen LogP contribution in [0.15, 0.2) is 28.3 Å². The molecule has 0 atom stereocenters. The van der Waals surface area contributed by atoms with Gasteiger partial charge < -0.3 is 9.80 Å². The summed E-state index contributed by atoms with van der Waals surface area (Å²) in [5.74, 6) is 0.122. The lowest BCUT2D eigenvalue weighted by atomic mass is 10.1. The minimum atomic E-state index is -3.47. The molecule has 1 amide bonds. The first-order valence-corrected chi connectivity index (χ1v) is 8.81. The number of hydrogen-bond acceptors (Lipinski definition) is 4. The highest BCUT2D eigenvalue weighted by molar-refractivity contribution is 7.90. The molecule has 1 fully saturated rings. The number of fused-ring (bicyclic) bond motifs is 1. The second-order valence-electron chi connectivity index (χ2n) is 5.85. The van der Waals surface area contributed by atoms with Crippen LogP contribution in [0.5, 0.6) is 0 Å². The number of nitrogens with zero attached hydrogens (tertiary/aromatic N) is 3. The third-order valence-electron chi connectivity index (χ3n) is 3.82. The molecule has 2 heterocycles. The Hall–Kier alpha value is -1.63. The van der Waals surface area contributed by atoms with Crippen LogP contribution in [0, 0.1) is 0 Å². The molecular formula is C14H19N3O3S. The Bertz CT molecular complexity index is 655. The maximum absolute atomic E-state index is 12.8. The fourth-order valence-corrected chi connectivity index (χ4v) is 3.68. The van der Waals surface area contributed by atoms with Gasteiger partial charge in [0.15, 0.2) is 5.84 Å². The topological polar surface area (TPSA) is 70.1 Å². The minimum Gasteiger partial charge on any atom is -0.333 e. The molecule has 0 aromatic carbocycles. The summed E-state index contributed by atoms with van der Waals surface area (Å²) in [7, 11) is -3.47. The van der Waals surface area contributed by atoms with Gasteiger partial charge in [0.2, 0.25) is 0 Å². The van der Waals surface area contributed by atoms with E-state index in [1.807, 2.05) is 18.7 Å². The maximum atomic E-state index is 12.8. The molecule has 114 valence electrons. The van der Waals surface area contributed by atoms with Gasteiger partial charge in [0.25, 0.3) is 15.9 Å². The molecule has 0 unspecified atom stereocenters. The predicted octanol–water partition coefficient (Wildman–Crippen LogP) is 0.883. The van der Waals surface area contributed by atoms with Crippen LogP contribution in [0.2, 0.25) is 0 Å². The van der Waals surface area contributed by atoms with E-state index in [0.29, 0.717) is 12.1 Å². The molecule has 0 aromatic heterocycles. The van der Waals surface area contributed by atoms with Gasteiger partial charge in [0.1, 0.15) is 0 Å². The molecule has 6 nitrogen and oxygen atoms in total. The van der Waals surface area contributed by atoms with Crippen molar-refractivity contribution in [3.63, 3.8) is 0 Å². The Labute approximate surface area is 124 Å². The van der Waals surface area contributed by atoms with Crippen LogP contribution in [0.25, 0.3) is 0 Å². The van der Waals surface area contributed by atoms with Gasteiger partial charge in [-0.3, -0.25) is 4.79 Å². The molecule has 7 heteroatoms. The quantitative estimate of drug-likeness (QED) is 0.776. The van der Waals surface area contributed by atoms with Gasteiger partial charge in [-0.15, -0.1) is 4.40 Å². The number of sulfonamides is 1. The highest BCUT2D eigenvalue weighted by Gasteiger charge is 2.38. The lowest BCUT2D eigenvalue weighted by Gasteiger charge is -2.33. The zero-order valence-electron chi connectivity index (χ0n) is 12.2. The Morgan fingerprint density at radius 1 is 1.43 bits per heavy atom. The van der Waals surface area contributed by atoms with Crippen LogP contribution < -0.4 is 0 Å². The fraction of sp³-hybridized carbons (Fsp3) is 0.571. The van der Waals surface area contributed by atoms with E-state index in [9.17, 15) is 13.2 Å². The molecular weight excluding hydrogens is 290 g/mol. The second kappa shape index (κ2) is 4.98. The third-order valence-corrected chi connectivity index (χ3v) is 4.97. The maximum Gasteiger partial charge on any atom is 0.258 e. The normalized spacial score (nSPS) is 23.5. The molecule has 1 saturated carbocycles. The van der Waals surface area contributed by atoms with Crippen molar-refractivity contribution in [3.8, 4) is 0 Å². The van der Waals surface area contributed by atoms with Crippen LogP contribution in [0.1, 0.15) is 26.7 Å². The first kappa shape index (κ1) is 14.3. The standard InChI is InChI=1S/C14H19N3O3S/c1-10(2)17(11-5-6-11)14(18)12-4-3-7-16-8-9-21(19,20)15-13(12)16/h3-4,7,10-11H,5-6,8-9H2,1-2H3. The van der Waals surface area contributed by atoms with Gasteiger partial charge in [0.05, 0.1) is 11.3 Å². The fourth-order valence-electron chi connectivity index (χ4n) is 2.70. The summed E-state index contributed by atoms with van der Waals surface area (Å²) in [5.41, 5.74) is 0.376. The largest absolute Gasteiger partial charge is 0.333 e. The van der Waals surface area contributed by atoms with Crippen molar-refractivity contribution in [3.05, 3.63) is 23.9 Å². The number of amidine groups is 1. The molecule has 0 saturated heterocycles. The van der Waals surface area contributed by atoms with Crippen molar-refractivity contribution in [1.29, 1.82) is 0 Å². The number of hydrogen-bond donors (Lipinski definition) is 0. The summed E-state index contributed by atoms with van der Waals surface area (Å²) in [6, 6.07) is 0.365. The second-order valence-corrected chi connectivity index (χ2v) is 7.61. The summed E-state index contributed by atoms with van der Waals surface area (Å²) < 4.78 is 27.3. The van der Waals surface area contributed by atoms with Crippen molar-refractivity contribution >= 4 is 21.8 Å². The van der Waals surface area contributed by atoms with Crippen molar-refractivity contribution in [2.75, 3.05) is 12.3 Å². The van der Waals surface area contributed by atoms with Gasteiger partial charge in [-0.2, -0.15) is 0 Å². The highest BCUT2D eigenvalue weighted by atomic mass is 32.2. The van der Waals surface area contributed by atoms with Gasteiger partial charge in [-0.1, -0.05) is 0 Å². The van der Waals surface area contributed by atoms with Gasteiger partial charge in [-0.05, 0) is 38.8 Å². The molecule has 0 spiro atoms. The van der Waals surface area contributed by atoms with E-state index in [4.69, 9.17) is 0 Å². The van der Waals surface area contributed by atoms with Gasteiger partial charge in [-0.25, -0.2) is 8.42 Å². The molecule has 3 rings (SSSR count). The van der Waals surface area contributed by atoms with Crippen LogP contribution in [-0.2, 0) is 14.8 Å². The Morgan fingerprint density at radius 3 is 2.76 bits per heavy atom. The van der Waals surface area contributed by atoms with Crippen LogP contribution >= 0.6 is 0 Å². The monoisotopic (exact) mass is 309 g/mol. The predicted molar refractivity (Wildman–Crippen MR) is 80.2 cm³/mol. The number of amides is 1. The van der Waals surface area contributed by atoms with Crippen molar-refractivity contribution in [1.82, 2.24) is 9.80 Å². The van der Waals surface area contributed by atoms with E-state index in [1.54, 1.807) is 23.3 Å². The first-order valence-electron chi connectivity index (χ1n) is 7.20. The van der Waals surface area contributed by atoms with Crippen molar-refractivity contribution in [2.45, 2.75) is 38.8 Å². The zero-order valence-corrected chi connectivity index (χ0v) is 13.0. The van der Waals surface area contributed by atoms with Crippen molar-refractivity contribution in [2.24, 2.45) is 4.40 Å². The average molecular weight is 309 g/mol. The molecule has 21 heavy (non-hydrogen) atoms. The van der Waals surface area contributed by atoms with Crippen LogP contribution in [-0.4, -0.2) is 54.3 Å². The molecule has 0 radical (unpaired) electrons. The molecule has 2 aliphatic heterocycles. The SMILES string of the molecule is CC(C)N(C(=O)C1=CC=CN2CCS(=O)(=O)N=C12)C1CC1. The molecule has 3 aliphatic rings. The first-order chi connectivity index (χ1) is 9.89. The molecule has 0 bridgehead atoms. The summed E-state index contributed by atoms with van der Waals surface area (Å²) in [6.07, 6.45) is 7.23. The van der Waals surface area contributed by atoms with Crippen molar-refractivity contribution < 1.29 is 13.2 Å². The zero-order chi connectivity index (χ0) is 15.2. The Kier molecular flexibility index (Phi) is 3.39. The van der Waals surface area contributed by atoms with E-state index in [1.165, 1.54) is 0 Å². The Balaban J connectivity index is 1.96. The highest BCUT2D eigenvalue weighted by Crippen LogP contribution is 2.31. The lowest BCUT2D eigenvalue weighted by Crippen LogP contribution is -2.46. The molecule has 0 N–H and O–H groups in total. The number of rotatable bonds is 3. The smallest absolute Gasteiger partial charge is 0.258 e. The van der Waals surface area contributed by atoms with E-state index < -0.39 is 10.0 Å². The van der Waals surface area contributed by atoms with Crippen LogP contribution in [0.4, 0.5) is 0 Å². The van der Waals surface area contributed by atoms with Gasteiger partial charge >= 0.3 is 0 Å². The summed E-state index contributed by atoms with van der Waals surface area (Å²) in [5, 5.41) is 0. The van der Waals surface area contributed by atoms with E-state index >= 15 is 0 Å². The third kappa shape index (κ3) is 2.74. The minimum absolute atomic E-state index is 0.0150. The van der Waals surface area contributed by atoms with E-state index in [2.05, 4.69) is 4.40 Å². The summed E-state index contributed by atoms with van der Waals surface area (Å²) >= 11 is 0. The molecule has 0 aromatic rings. The van der Waals surface area contributed by atoms with E-state index in [0.717, 1.165) is 12.8 Å². The average Bonchev–Trinajstić information content (AvgIpc) is 3.21. The van der Waals surface area contributed by atoms with Crippen LogP contribution in [0.3, 0.4) is 0 Å². The molecule has 1 aliphatic carbocycles. The Morgan fingerprint density at radius 2 is 2.14 bits per heavy atom. The number of allylic oxidation sites excluding steroid dienone is 2. The summed E-state index contributed by atoms with van der Waals surface area (Å²) in [6.45, 7) is 4.30.